The average molecular weight is 628 g/mol. The molecule has 234 valence electrons. The smallest absolute Gasteiger partial charge is 0.244 e. The van der Waals surface area contributed by atoms with Gasteiger partial charge in [-0.3, -0.25) is 9.59 Å². The first-order valence-corrected chi connectivity index (χ1v) is 16.2. The molecular formula is C34H37N5O5S. The molecular weight excluding hydrogens is 590 g/mol. The Morgan fingerprint density at radius 2 is 1.80 bits per heavy atom. The number of sulfonamides is 1. The van der Waals surface area contributed by atoms with Crippen LogP contribution in [0.1, 0.15) is 29.5 Å². The Hall–Kier alpha value is -4.74. The second-order valence-corrected chi connectivity index (χ2v) is 12.8. The minimum absolute atomic E-state index is 0.000142. The maximum atomic E-state index is 14.2. The van der Waals surface area contributed by atoms with Gasteiger partial charge in [0.15, 0.2) is 0 Å². The van der Waals surface area contributed by atoms with Crippen molar-refractivity contribution < 1.29 is 22.7 Å². The van der Waals surface area contributed by atoms with Crippen molar-refractivity contribution in [3.8, 4) is 5.75 Å². The number of nitrogens with zero attached hydrogens (tertiary/aromatic N) is 3. The largest absolute Gasteiger partial charge is 0.497 e. The minimum Gasteiger partial charge on any atom is -0.497 e. The van der Waals surface area contributed by atoms with Crippen LogP contribution in [0.3, 0.4) is 0 Å². The van der Waals surface area contributed by atoms with Gasteiger partial charge < -0.3 is 20.8 Å². The Morgan fingerprint density at radius 3 is 2.58 bits per heavy atom. The summed E-state index contributed by atoms with van der Waals surface area (Å²) < 4.78 is 34.8. The Kier molecular flexibility index (Phi) is 10.1. The van der Waals surface area contributed by atoms with Gasteiger partial charge in [0.05, 0.1) is 24.8 Å². The Labute approximate surface area is 263 Å². The molecule has 45 heavy (non-hydrogen) atoms. The number of aryl methyl sites for hydroxylation is 1. The van der Waals surface area contributed by atoms with Crippen molar-refractivity contribution >= 4 is 38.8 Å². The second-order valence-electron chi connectivity index (χ2n) is 11.0. The zero-order valence-corrected chi connectivity index (χ0v) is 25.9. The molecule has 0 aromatic heterocycles. The number of hydrogen-bond donors (Lipinski definition) is 2. The van der Waals surface area contributed by atoms with Crippen molar-refractivity contribution in [2.24, 2.45) is 10.9 Å². The van der Waals surface area contributed by atoms with Gasteiger partial charge in [0.25, 0.3) is 0 Å². The number of carbonyl (C=O) groups is 2. The monoisotopic (exact) mass is 627 g/mol. The van der Waals surface area contributed by atoms with Crippen LogP contribution >= 0.6 is 0 Å². The molecule has 1 heterocycles. The van der Waals surface area contributed by atoms with E-state index in [1.165, 1.54) is 12.3 Å². The maximum Gasteiger partial charge on any atom is 0.244 e. The van der Waals surface area contributed by atoms with Crippen LogP contribution in [0.4, 0.5) is 0 Å². The molecule has 0 aliphatic carbocycles. The SMILES string of the molecule is COc1ccc2ccc(S(=O)(=O)N(CC(=O)NCCCc3ccccc3)[C@H]3CCN(Cc4cccc(C=NN)c4)C3=O)cc2c1. The summed E-state index contributed by atoms with van der Waals surface area (Å²) in [4.78, 5) is 28.6. The predicted octanol–water partition coefficient (Wildman–Crippen LogP) is 3.68. The number of nitrogens with two attached hydrogens (primary N) is 1. The van der Waals surface area contributed by atoms with Crippen LogP contribution in [0.15, 0.2) is 101 Å². The third kappa shape index (κ3) is 7.68. The Morgan fingerprint density at radius 1 is 1.02 bits per heavy atom. The van der Waals surface area contributed by atoms with Gasteiger partial charge in [0.1, 0.15) is 11.8 Å². The van der Waals surface area contributed by atoms with E-state index in [1.807, 2.05) is 60.7 Å². The van der Waals surface area contributed by atoms with E-state index >= 15 is 0 Å². The van der Waals surface area contributed by atoms with E-state index in [1.54, 1.807) is 36.3 Å². The molecule has 5 rings (SSSR count). The van der Waals surface area contributed by atoms with Crippen LogP contribution in [0.25, 0.3) is 10.8 Å². The standard InChI is InChI=1S/C34H37N5O5S/c1-44-30-14-12-28-13-15-31(21-29(28)20-30)45(42,43)39(24-33(40)36-17-6-11-25-7-3-2-4-8-25)32-16-18-38(34(32)41)23-27-10-5-9-26(19-27)22-37-35/h2-5,7-10,12-15,19-22,32H,6,11,16-18,23-24,35H2,1H3,(H,36,40)/t32-/m0/s1. The molecule has 1 aliphatic heterocycles. The highest BCUT2D eigenvalue weighted by atomic mass is 32.2. The Balaban J connectivity index is 1.37. The summed E-state index contributed by atoms with van der Waals surface area (Å²) in [5.74, 6) is 5.06. The third-order valence-electron chi connectivity index (χ3n) is 7.90. The molecule has 4 aromatic carbocycles. The first kappa shape index (κ1) is 31.7. The minimum atomic E-state index is -4.25. The van der Waals surface area contributed by atoms with Crippen molar-refractivity contribution in [3.63, 3.8) is 0 Å². The van der Waals surface area contributed by atoms with Crippen molar-refractivity contribution in [1.82, 2.24) is 14.5 Å². The van der Waals surface area contributed by atoms with Crippen molar-refractivity contribution in [3.05, 3.63) is 108 Å². The summed E-state index contributed by atoms with van der Waals surface area (Å²) in [6.45, 7) is 0.538. The van der Waals surface area contributed by atoms with E-state index in [9.17, 15) is 18.0 Å². The highest BCUT2D eigenvalue weighted by Crippen LogP contribution is 2.29. The molecule has 3 N–H and O–H groups in total. The number of ether oxygens (including phenoxy) is 1. The first-order chi connectivity index (χ1) is 21.8. The van der Waals surface area contributed by atoms with Crippen LogP contribution in [0.5, 0.6) is 5.75 Å². The molecule has 10 nitrogen and oxygen atoms in total. The number of methoxy groups -OCH3 is 1. The molecule has 0 bridgehead atoms. The van der Waals surface area contributed by atoms with E-state index in [4.69, 9.17) is 10.6 Å². The number of fused-ring (bicyclic) bond motifs is 1. The number of likely N-dealkylation sites (tertiary alicyclic amines) is 1. The van der Waals surface area contributed by atoms with Gasteiger partial charge >= 0.3 is 0 Å². The van der Waals surface area contributed by atoms with Crippen LogP contribution in [-0.4, -0.2) is 68.4 Å². The van der Waals surface area contributed by atoms with Crippen LogP contribution in [0, 0.1) is 0 Å². The predicted molar refractivity (Wildman–Crippen MR) is 174 cm³/mol. The molecule has 1 atom stereocenters. The lowest BCUT2D eigenvalue weighted by atomic mass is 10.1. The van der Waals surface area contributed by atoms with Crippen molar-refractivity contribution in [1.29, 1.82) is 0 Å². The van der Waals surface area contributed by atoms with E-state index in [2.05, 4.69) is 10.4 Å². The number of hydrazone groups is 1. The normalized spacial score (nSPS) is 15.3. The second kappa shape index (κ2) is 14.4. The molecule has 1 aliphatic rings. The van der Waals surface area contributed by atoms with Crippen molar-refractivity contribution in [2.45, 2.75) is 36.7 Å². The number of rotatable bonds is 13. The number of amides is 2. The molecule has 0 unspecified atom stereocenters. The quantitative estimate of drug-likeness (QED) is 0.101. The highest BCUT2D eigenvalue weighted by Gasteiger charge is 2.42. The number of carbonyl (C=O) groups excluding carboxylic acids is 2. The fourth-order valence-corrected chi connectivity index (χ4v) is 7.18. The van der Waals surface area contributed by atoms with E-state index in [0.29, 0.717) is 30.6 Å². The lowest BCUT2D eigenvalue weighted by Crippen LogP contribution is -2.49. The molecule has 4 aromatic rings. The zero-order chi connectivity index (χ0) is 31.8. The maximum absolute atomic E-state index is 14.2. The summed E-state index contributed by atoms with van der Waals surface area (Å²) in [7, 11) is -2.71. The highest BCUT2D eigenvalue weighted by molar-refractivity contribution is 7.89. The van der Waals surface area contributed by atoms with Gasteiger partial charge in [-0.25, -0.2) is 8.42 Å². The third-order valence-corrected chi connectivity index (χ3v) is 9.75. The Bertz CT molecular complexity index is 1800. The van der Waals surface area contributed by atoms with Crippen LogP contribution in [-0.2, 0) is 32.6 Å². The fourth-order valence-electron chi connectivity index (χ4n) is 5.58. The molecule has 1 fully saturated rings. The van der Waals surface area contributed by atoms with Gasteiger partial charge in [0.2, 0.25) is 21.8 Å². The topological polar surface area (TPSA) is 134 Å². The summed E-state index contributed by atoms with van der Waals surface area (Å²) in [6.07, 6.45) is 3.24. The van der Waals surface area contributed by atoms with Crippen LogP contribution < -0.4 is 15.9 Å². The molecule has 0 saturated carbocycles. The van der Waals surface area contributed by atoms with Crippen LogP contribution in [0.2, 0.25) is 0 Å². The molecule has 11 heteroatoms. The van der Waals surface area contributed by atoms with Crippen molar-refractivity contribution in [2.75, 3.05) is 26.7 Å². The first-order valence-electron chi connectivity index (χ1n) is 14.8. The fraction of sp³-hybridized carbons (Fsp3) is 0.265. The van der Waals surface area contributed by atoms with Gasteiger partial charge in [-0.05, 0) is 77.1 Å². The van der Waals surface area contributed by atoms with E-state index in [0.717, 1.165) is 32.8 Å². The summed E-state index contributed by atoms with van der Waals surface area (Å²) in [5.41, 5.74) is 2.80. The van der Waals surface area contributed by atoms with Gasteiger partial charge in [0, 0.05) is 19.6 Å². The number of hydrogen-bond acceptors (Lipinski definition) is 7. The van der Waals surface area contributed by atoms with E-state index < -0.39 is 28.5 Å². The van der Waals surface area contributed by atoms with E-state index in [-0.39, 0.29) is 23.8 Å². The lowest BCUT2D eigenvalue weighted by molar-refractivity contribution is -0.131. The summed E-state index contributed by atoms with van der Waals surface area (Å²) in [5, 5.41) is 7.91. The zero-order valence-electron chi connectivity index (χ0n) is 25.1. The summed E-state index contributed by atoms with van der Waals surface area (Å²) in [6, 6.07) is 26.5. The molecule has 2 amide bonds. The van der Waals surface area contributed by atoms with Gasteiger partial charge in [-0.2, -0.15) is 9.41 Å². The number of nitrogens with one attached hydrogen (secondary N) is 1. The van der Waals surface area contributed by atoms with Gasteiger partial charge in [-0.1, -0.05) is 60.7 Å². The lowest BCUT2D eigenvalue weighted by Gasteiger charge is -2.27. The van der Waals surface area contributed by atoms with Gasteiger partial charge in [-0.15, -0.1) is 0 Å². The molecule has 0 radical (unpaired) electrons. The number of benzene rings is 4. The molecule has 1 saturated heterocycles. The average Bonchev–Trinajstić information content (AvgIpc) is 3.40. The molecule has 0 spiro atoms. The summed E-state index contributed by atoms with van der Waals surface area (Å²) >= 11 is 0.